The molecule has 0 amide bonds. The fourth-order valence-electron chi connectivity index (χ4n) is 1.56. The van der Waals surface area contributed by atoms with E-state index in [2.05, 4.69) is 11.2 Å². The molecule has 0 atom stereocenters. The molecule has 0 saturated heterocycles. The van der Waals surface area contributed by atoms with Gasteiger partial charge in [0.1, 0.15) is 23.1 Å². The molecule has 4 nitrogen and oxygen atoms in total. The van der Waals surface area contributed by atoms with E-state index in [1.54, 1.807) is 7.05 Å². The van der Waals surface area contributed by atoms with Crippen LogP contribution in [0, 0.1) is 18.3 Å². The monoisotopic (exact) mass is 212 g/mol. The van der Waals surface area contributed by atoms with E-state index in [4.69, 9.17) is 11.0 Å². The van der Waals surface area contributed by atoms with Crippen LogP contribution in [0.1, 0.15) is 11.1 Å². The van der Waals surface area contributed by atoms with Gasteiger partial charge in [0.05, 0.1) is 0 Å². The fourth-order valence-corrected chi connectivity index (χ4v) is 1.56. The predicted octanol–water partition coefficient (Wildman–Crippen LogP) is 1.85. The van der Waals surface area contributed by atoms with Crippen LogP contribution >= 0.6 is 0 Å². The molecule has 0 radical (unpaired) electrons. The Labute approximate surface area is 93.9 Å². The summed E-state index contributed by atoms with van der Waals surface area (Å²) >= 11 is 0. The zero-order valence-electron chi connectivity index (χ0n) is 9.23. The molecule has 1 aromatic heterocycles. The number of nitrogens with two attached hydrogens (primary N) is 1. The van der Waals surface area contributed by atoms with E-state index in [0.717, 1.165) is 5.56 Å². The minimum Gasteiger partial charge on any atom is -0.383 e. The molecule has 0 saturated carbocycles. The maximum absolute atomic E-state index is 9.05. The summed E-state index contributed by atoms with van der Waals surface area (Å²) in [6.07, 6.45) is 0. The van der Waals surface area contributed by atoms with Gasteiger partial charge in [0.25, 0.3) is 0 Å². The molecule has 1 heterocycles. The molecule has 2 N–H and O–H groups in total. The van der Waals surface area contributed by atoms with Gasteiger partial charge in [-0.1, -0.05) is 29.8 Å². The van der Waals surface area contributed by atoms with Crippen LogP contribution in [0.25, 0.3) is 11.3 Å². The number of anilines is 1. The van der Waals surface area contributed by atoms with Crippen LogP contribution in [0.15, 0.2) is 24.3 Å². The molecular weight excluding hydrogens is 200 g/mol. The molecule has 0 bridgehead atoms. The highest BCUT2D eigenvalue weighted by molar-refractivity contribution is 5.72. The summed E-state index contributed by atoms with van der Waals surface area (Å²) in [5.74, 6) is 0.401. The molecule has 0 aliphatic heterocycles. The van der Waals surface area contributed by atoms with Crippen molar-refractivity contribution >= 4 is 5.82 Å². The van der Waals surface area contributed by atoms with Crippen molar-refractivity contribution in [3.63, 3.8) is 0 Å². The summed E-state index contributed by atoms with van der Waals surface area (Å²) in [7, 11) is 1.73. The second-order valence-corrected chi connectivity index (χ2v) is 3.71. The van der Waals surface area contributed by atoms with Gasteiger partial charge in [-0.15, -0.1) is 0 Å². The minimum atomic E-state index is 0.401. The van der Waals surface area contributed by atoms with E-state index in [1.807, 2.05) is 31.2 Å². The molecule has 4 heteroatoms. The van der Waals surface area contributed by atoms with Gasteiger partial charge in [-0.25, -0.2) is 0 Å². The SMILES string of the molecule is Cc1ccc(-c2nn(C)c(N)c2C#N)cc1. The lowest BCUT2D eigenvalue weighted by molar-refractivity contribution is 0.782. The summed E-state index contributed by atoms with van der Waals surface area (Å²) in [6.45, 7) is 2.02. The summed E-state index contributed by atoms with van der Waals surface area (Å²) in [4.78, 5) is 0. The van der Waals surface area contributed by atoms with Gasteiger partial charge in [-0.05, 0) is 6.92 Å². The Balaban J connectivity index is 2.61. The number of rotatable bonds is 1. The maximum Gasteiger partial charge on any atom is 0.140 e. The number of nitriles is 1. The Bertz CT molecular complexity index is 558. The standard InChI is InChI=1S/C12H12N4/c1-8-3-5-9(6-4-8)11-10(7-13)12(14)16(2)15-11/h3-6H,14H2,1-2H3. The number of benzene rings is 1. The Morgan fingerprint density at radius 2 is 1.94 bits per heavy atom. The molecule has 16 heavy (non-hydrogen) atoms. The first-order valence-corrected chi connectivity index (χ1v) is 4.93. The van der Waals surface area contributed by atoms with Crippen molar-refractivity contribution in [3.8, 4) is 17.3 Å². The van der Waals surface area contributed by atoms with E-state index in [0.29, 0.717) is 17.1 Å². The third-order valence-corrected chi connectivity index (χ3v) is 2.53. The second kappa shape index (κ2) is 3.70. The Morgan fingerprint density at radius 1 is 1.31 bits per heavy atom. The van der Waals surface area contributed by atoms with E-state index in [-0.39, 0.29) is 0 Å². The largest absolute Gasteiger partial charge is 0.383 e. The number of aromatic nitrogens is 2. The second-order valence-electron chi connectivity index (χ2n) is 3.71. The molecule has 1 aromatic carbocycles. The lowest BCUT2D eigenvalue weighted by Crippen LogP contribution is -1.97. The van der Waals surface area contributed by atoms with Gasteiger partial charge in [-0.3, -0.25) is 4.68 Å². The molecule has 0 spiro atoms. The number of nitrogens with zero attached hydrogens (tertiary/aromatic N) is 3. The first-order valence-electron chi connectivity index (χ1n) is 4.93. The van der Waals surface area contributed by atoms with E-state index in [1.165, 1.54) is 10.2 Å². The summed E-state index contributed by atoms with van der Waals surface area (Å²) in [5, 5.41) is 13.3. The predicted molar refractivity (Wildman–Crippen MR) is 62.5 cm³/mol. The fraction of sp³-hybridized carbons (Fsp3) is 0.167. The van der Waals surface area contributed by atoms with Crippen molar-refractivity contribution in [1.82, 2.24) is 9.78 Å². The quantitative estimate of drug-likeness (QED) is 0.784. The van der Waals surface area contributed by atoms with Crippen LogP contribution in [0.3, 0.4) is 0 Å². The van der Waals surface area contributed by atoms with Gasteiger partial charge in [-0.2, -0.15) is 10.4 Å². The Kier molecular flexibility index (Phi) is 2.37. The first kappa shape index (κ1) is 10.2. The molecule has 0 aliphatic rings. The van der Waals surface area contributed by atoms with Crippen LogP contribution < -0.4 is 5.73 Å². The van der Waals surface area contributed by atoms with Gasteiger partial charge >= 0.3 is 0 Å². The molecule has 0 unspecified atom stereocenters. The first-order chi connectivity index (χ1) is 7.63. The average Bonchev–Trinajstić information content (AvgIpc) is 2.56. The van der Waals surface area contributed by atoms with Gasteiger partial charge in [0, 0.05) is 12.6 Å². The lowest BCUT2D eigenvalue weighted by Gasteiger charge is -1.97. The lowest BCUT2D eigenvalue weighted by atomic mass is 10.1. The van der Waals surface area contributed by atoms with Crippen LogP contribution in [0.5, 0.6) is 0 Å². The molecule has 80 valence electrons. The third kappa shape index (κ3) is 1.52. The van der Waals surface area contributed by atoms with Crippen molar-refractivity contribution in [2.24, 2.45) is 7.05 Å². The molecular formula is C12H12N4. The molecule has 0 fully saturated rings. The van der Waals surface area contributed by atoms with Gasteiger partial charge in [0.15, 0.2) is 0 Å². The van der Waals surface area contributed by atoms with Crippen LogP contribution in [0.4, 0.5) is 5.82 Å². The zero-order valence-corrected chi connectivity index (χ0v) is 9.23. The van der Waals surface area contributed by atoms with Crippen molar-refractivity contribution in [3.05, 3.63) is 35.4 Å². The third-order valence-electron chi connectivity index (χ3n) is 2.53. The van der Waals surface area contributed by atoms with E-state index >= 15 is 0 Å². The van der Waals surface area contributed by atoms with Crippen molar-refractivity contribution < 1.29 is 0 Å². The van der Waals surface area contributed by atoms with E-state index in [9.17, 15) is 0 Å². The molecule has 0 aliphatic carbocycles. The smallest absolute Gasteiger partial charge is 0.140 e. The van der Waals surface area contributed by atoms with Gasteiger partial charge < -0.3 is 5.73 Å². The number of hydrogen-bond acceptors (Lipinski definition) is 3. The van der Waals surface area contributed by atoms with E-state index < -0.39 is 0 Å². The number of aryl methyl sites for hydroxylation is 2. The highest BCUT2D eigenvalue weighted by Gasteiger charge is 2.14. The summed E-state index contributed by atoms with van der Waals surface area (Å²) in [5.41, 5.74) is 8.92. The Morgan fingerprint density at radius 3 is 2.50 bits per heavy atom. The topological polar surface area (TPSA) is 67.6 Å². The van der Waals surface area contributed by atoms with Gasteiger partial charge in [0.2, 0.25) is 0 Å². The molecule has 2 aromatic rings. The van der Waals surface area contributed by atoms with Crippen molar-refractivity contribution in [1.29, 1.82) is 5.26 Å². The molecule has 2 rings (SSSR count). The minimum absolute atomic E-state index is 0.401. The van der Waals surface area contributed by atoms with Crippen molar-refractivity contribution in [2.45, 2.75) is 6.92 Å². The van der Waals surface area contributed by atoms with Crippen LogP contribution in [-0.2, 0) is 7.05 Å². The Hall–Kier alpha value is -2.28. The number of nitrogen functional groups attached to an aromatic ring is 1. The average molecular weight is 212 g/mol. The normalized spacial score (nSPS) is 10.1. The highest BCUT2D eigenvalue weighted by atomic mass is 15.3. The maximum atomic E-state index is 9.05. The zero-order chi connectivity index (χ0) is 11.7. The van der Waals surface area contributed by atoms with Crippen molar-refractivity contribution in [2.75, 3.05) is 5.73 Å². The van der Waals surface area contributed by atoms with Crippen LogP contribution in [-0.4, -0.2) is 9.78 Å². The summed E-state index contributed by atoms with van der Waals surface area (Å²) in [6, 6.07) is 9.95. The highest BCUT2D eigenvalue weighted by Crippen LogP contribution is 2.25. The van der Waals surface area contributed by atoms with Crippen LogP contribution in [0.2, 0.25) is 0 Å². The number of hydrogen-bond donors (Lipinski definition) is 1. The summed E-state index contributed by atoms with van der Waals surface area (Å²) < 4.78 is 1.52.